The van der Waals surface area contributed by atoms with Crippen LogP contribution >= 0.6 is 0 Å². The van der Waals surface area contributed by atoms with Crippen molar-refractivity contribution in [3.63, 3.8) is 0 Å². The van der Waals surface area contributed by atoms with E-state index in [0.717, 1.165) is 30.0 Å². The molecule has 0 atom stereocenters. The number of benzene rings is 1. The van der Waals surface area contributed by atoms with Crippen LogP contribution in [0.3, 0.4) is 0 Å². The third kappa shape index (κ3) is 1.68. The van der Waals surface area contributed by atoms with E-state index in [1.54, 1.807) is 19.3 Å². The highest BCUT2D eigenvalue weighted by atomic mass is 19.1. The SMILES string of the molecule is CNc1cnc(N2CCCC2)c2cccc(F)c12. The summed E-state index contributed by atoms with van der Waals surface area (Å²) in [5.41, 5.74) is 0.742. The highest BCUT2D eigenvalue weighted by molar-refractivity contribution is 6.00. The lowest BCUT2D eigenvalue weighted by Crippen LogP contribution is -2.19. The Kier molecular flexibility index (Phi) is 2.78. The Labute approximate surface area is 106 Å². The van der Waals surface area contributed by atoms with Gasteiger partial charge in [0.2, 0.25) is 0 Å². The Morgan fingerprint density at radius 1 is 1.28 bits per heavy atom. The first kappa shape index (κ1) is 11.3. The van der Waals surface area contributed by atoms with Crippen LogP contribution in [-0.4, -0.2) is 25.1 Å². The molecule has 3 nitrogen and oxygen atoms in total. The average Bonchev–Trinajstić information content (AvgIpc) is 2.91. The molecule has 1 N–H and O–H groups in total. The van der Waals surface area contributed by atoms with E-state index in [1.165, 1.54) is 18.9 Å². The second kappa shape index (κ2) is 4.44. The summed E-state index contributed by atoms with van der Waals surface area (Å²) in [5, 5.41) is 4.54. The maximum Gasteiger partial charge on any atom is 0.136 e. The summed E-state index contributed by atoms with van der Waals surface area (Å²) >= 11 is 0. The molecular weight excluding hydrogens is 229 g/mol. The van der Waals surface area contributed by atoms with E-state index in [2.05, 4.69) is 15.2 Å². The van der Waals surface area contributed by atoms with Gasteiger partial charge in [0.1, 0.15) is 11.6 Å². The molecule has 2 aromatic rings. The van der Waals surface area contributed by atoms with Crippen LogP contribution < -0.4 is 10.2 Å². The molecule has 1 aliphatic heterocycles. The highest BCUT2D eigenvalue weighted by Crippen LogP contribution is 2.33. The van der Waals surface area contributed by atoms with Crippen LogP contribution in [0.25, 0.3) is 10.8 Å². The van der Waals surface area contributed by atoms with Gasteiger partial charge in [-0.05, 0) is 18.9 Å². The zero-order chi connectivity index (χ0) is 12.5. The van der Waals surface area contributed by atoms with Crippen molar-refractivity contribution in [2.24, 2.45) is 0 Å². The van der Waals surface area contributed by atoms with Gasteiger partial charge in [-0.25, -0.2) is 9.37 Å². The number of hydrogen-bond donors (Lipinski definition) is 1. The molecule has 1 fully saturated rings. The molecule has 0 spiro atoms. The molecule has 0 saturated carbocycles. The molecule has 2 heterocycles. The van der Waals surface area contributed by atoms with E-state index in [9.17, 15) is 4.39 Å². The molecule has 1 aromatic carbocycles. The molecule has 0 amide bonds. The molecule has 4 heteroatoms. The van der Waals surface area contributed by atoms with E-state index < -0.39 is 0 Å². The molecule has 0 bridgehead atoms. The van der Waals surface area contributed by atoms with Crippen LogP contribution in [0.2, 0.25) is 0 Å². The van der Waals surface area contributed by atoms with E-state index in [1.807, 2.05) is 6.07 Å². The zero-order valence-corrected chi connectivity index (χ0v) is 10.4. The number of fused-ring (bicyclic) bond motifs is 1. The van der Waals surface area contributed by atoms with Crippen LogP contribution in [0.1, 0.15) is 12.8 Å². The third-order valence-corrected chi connectivity index (χ3v) is 3.51. The first-order valence-electron chi connectivity index (χ1n) is 6.31. The fraction of sp³-hybridized carbons (Fsp3) is 0.357. The van der Waals surface area contributed by atoms with Gasteiger partial charge in [0.25, 0.3) is 0 Å². The number of nitrogens with zero attached hydrogens (tertiary/aromatic N) is 2. The quantitative estimate of drug-likeness (QED) is 0.881. The molecular formula is C14H16FN3. The smallest absolute Gasteiger partial charge is 0.136 e. The van der Waals surface area contributed by atoms with Gasteiger partial charge in [0.15, 0.2) is 0 Å². The summed E-state index contributed by atoms with van der Waals surface area (Å²) in [6.45, 7) is 2.02. The summed E-state index contributed by atoms with van der Waals surface area (Å²) in [4.78, 5) is 6.73. The molecule has 0 radical (unpaired) electrons. The summed E-state index contributed by atoms with van der Waals surface area (Å²) in [6, 6.07) is 5.19. The van der Waals surface area contributed by atoms with Crippen molar-refractivity contribution in [1.29, 1.82) is 0 Å². The van der Waals surface area contributed by atoms with Crippen LogP contribution in [0.4, 0.5) is 15.9 Å². The normalized spacial score (nSPS) is 15.3. The fourth-order valence-corrected chi connectivity index (χ4v) is 2.61. The molecule has 0 unspecified atom stereocenters. The Balaban J connectivity index is 2.24. The number of aromatic nitrogens is 1. The minimum absolute atomic E-state index is 0.195. The Morgan fingerprint density at radius 2 is 2.06 bits per heavy atom. The molecule has 94 valence electrons. The molecule has 0 aliphatic carbocycles. The average molecular weight is 245 g/mol. The zero-order valence-electron chi connectivity index (χ0n) is 10.4. The standard InChI is InChI=1S/C14H16FN3/c1-16-12-9-17-14(18-7-2-3-8-18)10-5-4-6-11(15)13(10)12/h4-6,9,16H,2-3,7-8H2,1H3. The minimum Gasteiger partial charge on any atom is -0.386 e. The van der Waals surface area contributed by atoms with E-state index in [-0.39, 0.29) is 5.82 Å². The molecule has 1 aromatic heterocycles. The number of pyridine rings is 1. The van der Waals surface area contributed by atoms with Gasteiger partial charge in [0.05, 0.1) is 11.9 Å². The van der Waals surface area contributed by atoms with Crippen LogP contribution in [0.15, 0.2) is 24.4 Å². The predicted octanol–water partition coefficient (Wildman–Crippen LogP) is 3.02. The summed E-state index contributed by atoms with van der Waals surface area (Å²) in [7, 11) is 1.79. The van der Waals surface area contributed by atoms with Gasteiger partial charge < -0.3 is 10.2 Å². The summed E-state index contributed by atoms with van der Waals surface area (Å²) < 4.78 is 14.0. The summed E-state index contributed by atoms with van der Waals surface area (Å²) in [5.74, 6) is 0.709. The monoisotopic (exact) mass is 245 g/mol. The van der Waals surface area contributed by atoms with Crippen molar-refractivity contribution >= 4 is 22.3 Å². The largest absolute Gasteiger partial charge is 0.386 e. The lowest BCUT2D eigenvalue weighted by atomic mass is 10.1. The number of halogens is 1. The van der Waals surface area contributed by atoms with E-state index in [4.69, 9.17) is 0 Å². The Morgan fingerprint density at radius 3 is 2.78 bits per heavy atom. The maximum absolute atomic E-state index is 14.0. The van der Waals surface area contributed by atoms with Crippen molar-refractivity contribution in [2.45, 2.75) is 12.8 Å². The first-order chi connectivity index (χ1) is 8.81. The van der Waals surface area contributed by atoms with Gasteiger partial charge in [-0.15, -0.1) is 0 Å². The number of anilines is 2. The lowest BCUT2D eigenvalue weighted by Gasteiger charge is -2.19. The van der Waals surface area contributed by atoms with Crippen molar-refractivity contribution in [3.05, 3.63) is 30.2 Å². The minimum atomic E-state index is -0.195. The molecule has 1 saturated heterocycles. The number of hydrogen-bond acceptors (Lipinski definition) is 3. The maximum atomic E-state index is 14.0. The van der Waals surface area contributed by atoms with Crippen LogP contribution in [0, 0.1) is 5.82 Å². The van der Waals surface area contributed by atoms with Gasteiger partial charge in [-0.1, -0.05) is 12.1 Å². The highest BCUT2D eigenvalue weighted by Gasteiger charge is 2.18. The van der Waals surface area contributed by atoms with Crippen molar-refractivity contribution < 1.29 is 4.39 Å². The van der Waals surface area contributed by atoms with E-state index >= 15 is 0 Å². The second-order valence-corrected chi connectivity index (χ2v) is 4.60. The number of rotatable bonds is 2. The van der Waals surface area contributed by atoms with Gasteiger partial charge in [0, 0.05) is 30.9 Å². The van der Waals surface area contributed by atoms with Crippen LogP contribution in [-0.2, 0) is 0 Å². The second-order valence-electron chi connectivity index (χ2n) is 4.60. The van der Waals surface area contributed by atoms with Gasteiger partial charge in [-0.3, -0.25) is 0 Å². The summed E-state index contributed by atoms with van der Waals surface area (Å²) in [6.07, 6.45) is 4.09. The number of nitrogens with one attached hydrogen (secondary N) is 1. The van der Waals surface area contributed by atoms with Crippen molar-refractivity contribution in [3.8, 4) is 0 Å². The predicted molar refractivity (Wildman–Crippen MR) is 72.7 cm³/mol. The topological polar surface area (TPSA) is 28.2 Å². The van der Waals surface area contributed by atoms with Crippen molar-refractivity contribution in [1.82, 2.24) is 4.98 Å². The Bertz CT molecular complexity index is 577. The lowest BCUT2D eigenvalue weighted by molar-refractivity contribution is 0.640. The van der Waals surface area contributed by atoms with Crippen molar-refractivity contribution in [2.75, 3.05) is 30.4 Å². The van der Waals surface area contributed by atoms with Crippen LogP contribution in [0.5, 0.6) is 0 Å². The molecule has 3 rings (SSSR count). The fourth-order valence-electron chi connectivity index (χ4n) is 2.61. The first-order valence-corrected chi connectivity index (χ1v) is 6.31. The van der Waals surface area contributed by atoms with E-state index in [0.29, 0.717) is 5.39 Å². The molecule has 1 aliphatic rings. The Hall–Kier alpha value is -1.84. The van der Waals surface area contributed by atoms with Gasteiger partial charge >= 0.3 is 0 Å². The third-order valence-electron chi connectivity index (χ3n) is 3.51. The molecule has 18 heavy (non-hydrogen) atoms. The van der Waals surface area contributed by atoms with Gasteiger partial charge in [-0.2, -0.15) is 0 Å².